The van der Waals surface area contributed by atoms with Gasteiger partial charge in [-0.3, -0.25) is 4.79 Å². The Labute approximate surface area is 126 Å². The highest BCUT2D eigenvalue weighted by atomic mass is 35.5. The van der Waals surface area contributed by atoms with Crippen LogP contribution in [0.15, 0.2) is 18.2 Å². The van der Waals surface area contributed by atoms with Gasteiger partial charge in [0.2, 0.25) is 0 Å². The quantitative estimate of drug-likeness (QED) is 0.816. The number of halogens is 5. The molecule has 0 saturated carbocycles. The van der Waals surface area contributed by atoms with Crippen molar-refractivity contribution in [1.82, 2.24) is 10.6 Å². The van der Waals surface area contributed by atoms with E-state index in [1.165, 1.54) is 0 Å². The molecule has 0 aromatic heterocycles. The first kappa shape index (κ1) is 19.7. The van der Waals surface area contributed by atoms with Crippen LogP contribution in [0.25, 0.3) is 0 Å². The lowest BCUT2D eigenvalue weighted by molar-refractivity contribution is -0.140. The monoisotopic (exact) mass is 328 g/mol. The van der Waals surface area contributed by atoms with Gasteiger partial charge in [0.05, 0.1) is 5.56 Å². The Morgan fingerprint density at radius 1 is 1.33 bits per heavy atom. The summed E-state index contributed by atoms with van der Waals surface area (Å²) in [6.07, 6.45) is -4.82. The zero-order valence-corrected chi connectivity index (χ0v) is 12.4. The van der Waals surface area contributed by atoms with E-state index in [0.717, 1.165) is 6.07 Å². The van der Waals surface area contributed by atoms with E-state index in [9.17, 15) is 22.4 Å². The maximum Gasteiger partial charge on any atom is 0.419 e. The number of carbonyl (C=O) groups excluding carboxylic acids is 1. The largest absolute Gasteiger partial charge is 0.419 e. The molecular formula is C13H17ClF4N2O. The second-order valence-corrected chi connectivity index (χ2v) is 4.36. The van der Waals surface area contributed by atoms with Crippen LogP contribution in [0.4, 0.5) is 17.6 Å². The third-order valence-electron chi connectivity index (χ3n) is 2.66. The van der Waals surface area contributed by atoms with E-state index < -0.39 is 23.5 Å². The first-order valence-corrected chi connectivity index (χ1v) is 6.14. The second kappa shape index (κ2) is 8.19. The second-order valence-electron chi connectivity index (χ2n) is 4.36. The van der Waals surface area contributed by atoms with Gasteiger partial charge in [-0.1, -0.05) is 6.92 Å². The molecule has 1 atom stereocenters. The highest BCUT2D eigenvalue weighted by Crippen LogP contribution is 2.31. The van der Waals surface area contributed by atoms with E-state index in [0.29, 0.717) is 18.7 Å². The normalized spacial score (nSPS) is 12.5. The van der Waals surface area contributed by atoms with E-state index in [1.54, 1.807) is 0 Å². The molecule has 0 aliphatic carbocycles. The summed E-state index contributed by atoms with van der Waals surface area (Å²) in [7, 11) is 0. The van der Waals surface area contributed by atoms with Gasteiger partial charge in [0.25, 0.3) is 5.91 Å². The van der Waals surface area contributed by atoms with Crippen LogP contribution in [0.5, 0.6) is 0 Å². The molecule has 1 rings (SSSR count). The van der Waals surface area contributed by atoms with E-state index in [2.05, 4.69) is 10.6 Å². The van der Waals surface area contributed by atoms with Crippen molar-refractivity contribution in [3.05, 3.63) is 35.1 Å². The Morgan fingerprint density at radius 3 is 2.48 bits per heavy atom. The van der Waals surface area contributed by atoms with E-state index in [4.69, 9.17) is 0 Å². The molecule has 0 aliphatic heterocycles. The molecule has 1 amide bonds. The van der Waals surface area contributed by atoms with Crippen LogP contribution >= 0.6 is 12.4 Å². The molecule has 120 valence electrons. The van der Waals surface area contributed by atoms with Gasteiger partial charge in [-0.2, -0.15) is 13.2 Å². The minimum atomic E-state index is -4.82. The summed E-state index contributed by atoms with van der Waals surface area (Å²) < 4.78 is 50.7. The van der Waals surface area contributed by atoms with E-state index in [1.807, 2.05) is 13.8 Å². The van der Waals surface area contributed by atoms with Gasteiger partial charge in [0, 0.05) is 18.2 Å². The van der Waals surface area contributed by atoms with Crippen molar-refractivity contribution in [2.24, 2.45) is 0 Å². The van der Waals surface area contributed by atoms with Crippen molar-refractivity contribution in [2.75, 3.05) is 13.1 Å². The van der Waals surface area contributed by atoms with E-state index >= 15 is 0 Å². The lowest BCUT2D eigenvalue weighted by Crippen LogP contribution is -2.38. The Hall–Kier alpha value is -1.34. The van der Waals surface area contributed by atoms with Crippen LogP contribution < -0.4 is 10.6 Å². The number of nitrogens with one attached hydrogen (secondary N) is 2. The molecule has 2 N–H and O–H groups in total. The van der Waals surface area contributed by atoms with Crippen molar-refractivity contribution in [3.8, 4) is 0 Å². The smallest absolute Gasteiger partial charge is 0.350 e. The summed E-state index contributed by atoms with van der Waals surface area (Å²) in [4.78, 5) is 11.7. The molecule has 1 aromatic carbocycles. The predicted molar refractivity (Wildman–Crippen MR) is 74.1 cm³/mol. The first-order chi connectivity index (χ1) is 9.25. The molecular weight excluding hydrogens is 312 g/mol. The molecule has 8 heteroatoms. The number of amides is 1. The van der Waals surface area contributed by atoms with Gasteiger partial charge >= 0.3 is 6.18 Å². The first-order valence-electron chi connectivity index (χ1n) is 6.14. The zero-order chi connectivity index (χ0) is 15.3. The number of carbonyl (C=O) groups is 1. The van der Waals surface area contributed by atoms with Crippen LogP contribution in [0, 0.1) is 5.82 Å². The van der Waals surface area contributed by atoms with Crippen molar-refractivity contribution in [2.45, 2.75) is 26.1 Å². The third kappa shape index (κ3) is 5.89. The lowest BCUT2D eigenvalue weighted by Gasteiger charge is -2.14. The van der Waals surface area contributed by atoms with Crippen LogP contribution in [0.1, 0.15) is 29.8 Å². The molecule has 0 aliphatic rings. The molecule has 3 nitrogen and oxygen atoms in total. The number of alkyl halides is 3. The standard InChI is InChI=1S/C13H16F4N2O.ClH/c1-3-18-8(2)7-19-12(20)9-4-5-11(14)10(6-9)13(15,16)17;/h4-6,8,18H,3,7H2,1-2H3,(H,19,20);1H/t8-;/m1./s1. The van der Waals surface area contributed by atoms with E-state index in [-0.39, 0.29) is 30.6 Å². The summed E-state index contributed by atoms with van der Waals surface area (Å²) in [6.45, 7) is 4.71. The Balaban J connectivity index is 0.00000400. The van der Waals surface area contributed by atoms with Gasteiger partial charge in [0.15, 0.2) is 0 Å². The van der Waals surface area contributed by atoms with Crippen LogP contribution in [-0.4, -0.2) is 25.0 Å². The highest BCUT2D eigenvalue weighted by molar-refractivity contribution is 5.94. The van der Waals surface area contributed by atoms with Crippen molar-refractivity contribution >= 4 is 18.3 Å². The van der Waals surface area contributed by atoms with Gasteiger partial charge < -0.3 is 10.6 Å². The Bertz CT molecular complexity index is 480. The summed E-state index contributed by atoms with van der Waals surface area (Å²) in [5.41, 5.74) is -1.66. The summed E-state index contributed by atoms with van der Waals surface area (Å²) in [5.74, 6) is -2.06. The maximum atomic E-state index is 13.1. The average Bonchev–Trinajstić information content (AvgIpc) is 2.35. The van der Waals surface area contributed by atoms with Crippen molar-refractivity contribution < 1.29 is 22.4 Å². The summed E-state index contributed by atoms with van der Waals surface area (Å²) in [5, 5.41) is 5.53. The minimum Gasteiger partial charge on any atom is -0.350 e. The molecule has 1 aromatic rings. The van der Waals surface area contributed by atoms with Gasteiger partial charge in [-0.25, -0.2) is 4.39 Å². The molecule has 0 bridgehead atoms. The molecule has 0 heterocycles. The van der Waals surface area contributed by atoms with Gasteiger partial charge in [-0.05, 0) is 31.7 Å². The minimum absolute atomic E-state index is 0. The van der Waals surface area contributed by atoms with Gasteiger partial charge in [-0.15, -0.1) is 12.4 Å². The molecule has 0 radical (unpaired) electrons. The number of benzene rings is 1. The molecule has 21 heavy (non-hydrogen) atoms. The summed E-state index contributed by atoms with van der Waals surface area (Å²) >= 11 is 0. The number of hydrogen-bond donors (Lipinski definition) is 2. The topological polar surface area (TPSA) is 41.1 Å². The molecule has 0 unspecified atom stereocenters. The van der Waals surface area contributed by atoms with Crippen molar-refractivity contribution in [3.63, 3.8) is 0 Å². The zero-order valence-electron chi connectivity index (χ0n) is 11.6. The fourth-order valence-corrected chi connectivity index (χ4v) is 1.65. The molecule has 0 saturated heterocycles. The third-order valence-corrected chi connectivity index (χ3v) is 2.66. The van der Waals surface area contributed by atoms with Crippen molar-refractivity contribution in [1.29, 1.82) is 0 Å². The number of likely N-dealkylation sites (N-methyl/N-ethyl adjacent to an activating group) is 1. The molecule has 0 spiro atoms. The Kier molecular flexibility index (Phi) is 7.67. The van der Waals surface area contributed by atoms with Crippen LogP contribution in [0.3, 0.4) is 0 Å². The fraction of sp³-hybridized carbons (Fsp3) is 0.462. The predicted octanol–water partition coefficient (Wildman–Crippen LogP) is 2.99. The SMILES string of the molecule is CCN[C@H](C)CNC(=O)c1ccc(F)c(C(F)(F)F)c1.Cl. The fourth-order valence-electron chi connectivity index (χ4n) is 1.65. The maximum absolute atomic E-state index is 13.1. The summed E-state index contributed by atoms with van der Waals surface area (Å²) in [6, 6.07) is 2.18. The van der Waals surface area contributed by atoms with Crippen LogP contribution in [-0.2, 0) is 6.18 Å². The highest BCUT2D eigenvalue weighted by Gasteiger charge is 2.34. The van der Waals surface area contributed by atoms with Gasteiger partial charge in [0.1, 0.15) is 5.82 Å². The molecule has 0 fully saturated rings. The average molecular weight is 329 g/mol. The lowest BCUT2D eigenvalue weighted by atomic mass is 10.1. The number of hydrogen-bond acceptors (Lipinski definition) is 2. The van der Waals surface area contributed by atoms with Crippen LogP contribution in [0.2, 0.25) is 0 Å². The Morgan fingerprint density at radius 2 is 1.95 bits per heavy atom. The number of rotatable bonds is 5.